The Morgan fingerprint density at radius 3 is 2.75 bits per heavy atom. The Morgan fingerprint density at radius 2 is 2.05 bits per heavy atom. The average Bonchev–Trinajstić information content (AvgIpc) is 2.49. The van der Waals surface area contributed by atoms with E-state index in [1.54, 1.807) is 0 Å². The van der Waals surface area contributed by atoms with Gasteiger partial charge in [-0.05, 0) is 44.0 Å². The molecular weight excluding hydrogens is 252 g/mol. The van der Waals surface area contributed by atoms with Gasteiger partial charge in [0.1, 0.15) is 5.75 Å². The lowest BCUT2D eigenvalue weighted by molar-refractivity contribution is -0.123. The Bertz CT molecular complexity index is 407. The summed E-state index contributed by atoms with van der Waals surface area (Å²) in [5, 5.41) is 5.89. The van der Waals surface area contributed by atoms with Crippen LogP contribution in [0.2, 0.25) is 0 Å². The van der Waals surface area contributed by atoms with Gasteiger partial charge in [0.2, 0.25) is 0 Å². The van der Waals surface area contributed by atoms with Crippen molar-refractivity contribution in [3.63, 3.8) is 0 Å². The van der Waals surface area contributed by atoms with Crippen LogP contribution >= 0.6 is 0 Å². The van der Waals surface area contributed by atoms with Crippen molar-refractivity contribution >= 4 is 5.91 Å². The largest absolute Gasteiger partial charge is 0.483 e. The van der Waals surface area contributed by atoms with Gasteiger partial charge in [0.15, 0.2) is 6.61 Å². The molecule has 1 aromatic carbocycles. The third-order valence-electron chi connectivity index (χ3n) is 3.35. The second-order valence-corrected chi connectivity index (χ2v) is 4.94. The van der Waals surface area contributed by atoms with Crippen molar-refractivity contribution in [1.29, 1.82) is 0 Å². The molecule has 0 aliphatic rings. The summed E-state index contributed by atoms with van der Waals surface area (Å²) in [5.41, 5.74) is 1.16. The summed E-state index contributed by atoms with van der Waals surface area (Å²) in [7, 11) is 1.90. The number of benzene rings is 1. The van der Waals surface area contributed by atoms with Gasteiger partial charge >= 0.3 is 0 Å². The number of amides is 1. The van der Waals surface area contributed by atoms with Crippen molar-refractivity contribution in [2.75, 3.05) is 26.7 Å². The zero-order valence-electron chi connectivity index (χ0n) is 12.7. The van der Waals surface area contributed by atoms with Crippen LogP contribution in [0.3, 0.4) is 0 Å². The van der Waals surface area contributed by atoms with E-state index in [-0.39, 0.29) is 12.5 Å². The molecule has 4 heteroatoms. The zero-order valence-corrected chi connectivity index (χ0v) is 12.7. The fourth-order valence-electron chi connectivity index (χ4n) is 1.93. The van der Waals surface area contributed by atoms with Gasteiger partial charge in [0.05, 0.1) is 0 Å². The Labute approximate surface area is 121 Å². The number of carbonyl (C=O) groups is 1. The Kier molecular flexibility index (Phi) is 7.73. The summed E-state index contributed by atoms with van der Waals surface area (Å²) in [4.78, 5) is 11.7. The number of carbonyl (C=O) groups excluding carboxylic acids is 1. The molecule has 1 atom stereocenters. The molecule has 0 saturated carbocycles. The lowest BCUT2D eigenvalue weighted by Gasteiger charge is -2.15. The molecular formula is C16H26N2O2. The van der Waals surface area contributed by atoms with Crippen LogP contribution in [0.25, 0.3) is 0 Å². The van der Waals surface area contributed by atoms with Crippen molar-refractivity contribution < 1.29 is 9.53 Å². The van der Waals surface area contributed by atoms with Crippen molar-refractivity contribution in [3.8, 4) is 5.75 Å². The van der Waals surface area contributed by atoms with Gasteiger partial charge in [0, 0.05) is 6.54 Å². The summed E-state index contributed by atoms with van der Waals surface area (Å²) in [6, 6.07) is 7.93. The standard InChI is InChI=1S/C16H26N2O2/c1-4-13(2)14-8-5-6-9-15(14)20-12-16(19)18-11-7-10-17-3/h5-6,8-9,13,17H,4,7,10-12H2,1-3H3,(H,18,19). The molecule has 0 aromatic heterocycles. The highest BCUT2D eigenvalue weighted by molar-refractivity contribution is 5.77. The fraction of sp³-hybridized carbons (Fsp3) is 0.562. The number of ether oxygens (including phenoxy) is 1. The van der Waals surface area contributed by atoms with Gasteiger partial charge in [-0.1, -0.05) is 32.0 Å². The van der Waals surface area contributed by atoms with Crippen LogP contribution in [0.5, 0.6) is 5.75 Å². The number of para-hydroxylation sites is 1. The van der Waals surface area contributed by atoms with E-state index in [1.807, 2.05) is 25.2 Å². The van der Waals surface area contributed by atoms with Crippen LogP contribution in [0.1, 0.15) is 38.2 Å². The molecule has 4 nitrogen and oxygen atoms in total. The zero-order chi connectivity index (χ0) is 14.8. The maximum Gasteiger partial charge on any atom is 0.257 e. The molecule has 1 unspecified atom stereocenters. The summed E-state index contributed by atoms with van der Waals surface area (Å²) >= 11 is 0. The number of hydrogen-bond donors (Lipinski definition) is 2. The highest BCUT2D eigenvalue weighted by Crippen LogP contribution is 2.28. The van der Waals surface area contributed by atoms with E-state index in [0.29, 0.717) is 12.5 Å². The van der Waals surface area contributed by atoms with Crippen LogP contribution in [0.15, 0.2) is 24.3 Å². The van der Waals surface area contributed by atoms with E-state index in [2.05, 4.69) is 30.5 Å². The minimum absolute atomic E-state index is 0.0694. The molecule has 0 aliphatic heterocycles. The highest BCUT2D eigenvalue weighted by atomic mass is 16.5. The quantitative estimate of drug-likeness (QED) is 0.682. The van der Waals surface area contributed by atoms with E-state index >= 15 is 0 Å². The van der Waals surface area contributed by atoms with Crippen LogP contribution < -0.4 is 15.4 Å². The van der Waals surface area contributed by atoms with Crippen LogP contribution in [-0.4, -0.2) is 32.7 Å². The van der Waals surface area contributed by atoms with E-state index in [0.717, 1.165) is 30.7 Å². The van der Waals surface area contributed by atoms with Crippen LogP contribution in [-0.2, 0) is 4.79 Å². The Balaban J connectivity index is 2.43. The van der Waals surface area contributed by atoms with Gasteiger partial charge < -0.3 is 15.4 Å². The SMILES string of the molecule is CCC(C)c1ccccc1OCC(=O)NCCCNC. The second-order valence-electron chi connectivity index (χ2n) is 4.94. The second kappa shape index (κ2) is 9.37. The van der Waals surface area contributed by atoms with Crippen molar-refractivity contribution in [2.45, 2.75) is 32.6 Å². The molecule has 112 valence electrons. The molecule has 0 bridgehead atoms. The molecule has 1 rings (SSSR count). The first kappa shape index (κ1) is 16.5. The van der Waals surface area contributed by atoms with Gasteiger partial charge in [-0.15, -0.1) is 0 Å². The third kappa shape index (κ3) is 5.61. The first-order chi connectivity index (χ1) is 9.69. The predicted molar refractivity (Wildman–Crippen MR) is 82.2 cm³/mol. The molecule has 2 N–H and O–H groups in total. The minimum Gasteiger partial charge on any atom is -0.483 e. The molecule has 1 amide bonds. The average molecular weight is 278 g/mol. The summed E-state index contributed by atoms with van der Waals surface area (Å²) in [5.74, 6) is 1.18. The minimum atomic E-state index is -0.0694. The highest BCUT2D eigenvalue weighted by Gasteiger charge is 2.10. The molecule has 0 saturated heterocycles. The van der Waals surface area contributed by atoms with E-state index in [4.69, 9.17) is 4.74 Å². The van der Waals surface area contributed by atoms with Crippen molar-refractivity contribution in [3.05, 3.63) is 29.8 Å². The lowest BCUT2D eigenvalue weighted by Crippen LogP contribution is -2.31. The van der Waals surface area contributed by atoms with Gasteiger partial charge in [-0.2, -0.15) is 0 Å². The summed E-state index contributed by atoms with van der Waals surface area (Å²) in [6.07, 6.45) is 1.97. The number of rotatable bonds is 9. The summed E-state index contributed by atoms with van der Waals surface area (Å²) in [6.45, 7) is 5.97. The monoisotopic (exact) mass is 278 g/mol. The predicted octanol–water partition coefficient (Wildman–Crippen LogP) is 2.30. The first-order valence-electron chi connectivity index (χ1n) is 7.32. The van der Waals surface area contributed by atoms with Crippen LogP contribution in [0.4, 0.5) is 0 Å². The topological polar surface area (TPSA) is 50.4 Å². The van der Waals surface area contributed by atoms with Crippen molar-refractivity contribution in [1.82, 2.24) is 10.6 Å². The maximum atomic E-state index is 11.7. The molecule has 20 heavy (non-hydrogen) atoms. The van der Waals surface area contributed by atoms with Crippen molar-refractivity contribution in [2.24, 2.45) is 0 Å². The Hall–Kier alpha value is -1.55. The third-order valence-corrected chi connectivity index (χ3v) is 3.35. The molecule has 0 radical (unpaired) electrons. The molecule has 1 aromatic rings. The molecule has 0 aliphatic carbocycles. The van der Waals surface area contributed by atoms with Crippen LogP contribution in [0, 0.1) is 0 Å². The number of nitrogens with one attached hydrogen (secondary N) is 2. The van der Waals surface area contributed by atoms with E-state index in [9.17, 15) is 4.79 Å². The molecule has 0 spiro atoms. The summed E-state index contributed by atoms with van der Waals surface area (Å²) < 4.78 is 5.65. The first-order valence-corrected chi connectivity index (χ1v) is 7.32. The smallest absolute Gasteiger partial charge is 0.257 e. The lowest BCUT2D eigenvalue weighted by atomic mass is 9.98. The fourth-order valence-corrected chi connectivity index (χ4v) is 1.93. The molecule has 0 heterocycles. The van der Waals surface area contributed by atoms with E-state index < -0.39 is 0 Å². The Morgan fingerprint density at radius 1 is 1.30 bits per heavy atom. The number of hydrogen-bond acceptors (Lipinski definition) is 3. The maximum absolute atomic E-state index is 11.7. The van der Waals surface area contributed by atoms with Gasteiger partial charge in [0.25, 0.3) is 5.91 Å². The molecule has 0 fully saturated rings. The normalized spacial score (nSPS) is 11.9. The van der Waals surface area contributed by atoms with E-state index in [1.165, 1.54) is 0 Å². The van der Waals surface area contributed by atoms with Gasteiger partial charge in [-0.25, -0.2) is 0 Å². The van der Waals surface area contributed by atoms with Gasteiger partial charge in [-0.3, -0.25) is 4.79 Å².